The Kier molecular flexibility index (Phi) is 20.5. The summed E-state index contributed by atoms with van der Waals surface area (Å²) in [6.45, 7) is 8.06. The first-order valence-corrected chi connectivity index (χ1v) is 12.6. The number of aldehydes is 1. The first-order chi connectivity index (χ1) is 15.1. The molecular formula is C25H47NO5. The van der Waals surface area contributed by atoms with Crippen molar-refractivity contribution >= 4 is 18.3 Å². The van der Waals surface area contributed by atoms with E-state index in [4.69, 9.17) is 9.47 Å². The molecule has 0 spiro atoms. The van der Waals surface area contributed by atoms with Gasteiger partial charge in [-0.15, -0.1) is 0 Å². The van der Waals surface area contributed by atoms with Gasteiger partial charge in [-0.1, -0.05) is 72.1 Å². The predicted molar refractivity (Wildman–Crippen MR) is 125 cm³/mol. The van der Waals surface area contributed by atoms with Crippen molar-refractivity contribution in [3.05, 3.63) is 0 Å². The van der Waals surface area contributed by atoms with Crippen LogP contribution in [-0.4, -0.2) is 49.6 Å². The zero-order chi connectivity index (χ0) is 23.2. The molecular weight excluding hydrogens is 394 g/mol. The summed E-state index contributed by atoms with van der Waals surface area (Å²) in [4.78, 5) is 36.2. The van der Waals surface area contributed by atoms with Crippen LogP contribution in [0.3, 0.4) is 0 Å². The Labute approximate surface area is 190 Å². The van der Waals surface area contributed by atoms with Crippen molar-refractivity contribution in [1.29, 1.82) is 0 Å². The highest BCUT2D eigenvalue weighted by atomic mass is 16.6. The molecule has 0 aliphatic heterocycles. The molecule has 31 heavy (non-hydrogen) atoms. The number of unbranched alkanes of at least 4 members (excludes halogenated alkanes) is 7. The van der Waals surface area contributed by atoms with Crippen LogP contribution >= 0.6 is 0 Å². The molecule has 0 heterocycles. The smallest absolute Gasteiger partial charge is 0.410 e. The number of carbonyl (C=O) groups excluding carboxylic acids is 3. The number of carbonyl (C=O) groups is 3. The van der Waals surface area contributed by atoms with Crippen molar-refractivity contribution in [3.8, 4) is 0 Å². The van der Waals surface area contributed by atoms with E-state index in [9.17, 15) is 14.4 Å². The Hall–Kier alpha value is -1.59. The summed E-state index contributed by atoms with van der Waals surface area (Å²) in [5, 5.41) is 0. The standard InChI is InChI=1S/C25H47NO5/c1-4-7-11-15-23(16-12-8-5-2)22-31-24(28)17-13-10-14-19-26(18-9-6-3)25(29)30-21-20-27/h20,23H,4-19,21-22H2,1-3H3. The second-order valence-corrected chi connectivity index (χ2v) is 8.44. The minimum Gasteiger partial charge on any atom is -0.465 e. The molecule has 0 saturated carbocycles. The molecule has 0 atom stereocenters. The fourth-order valence-electron chi connectivity index (χ4n) is 3.55. The topological polar surface area (TPSA) is 72.9 Å². The highest BCUT2D eigenvalue weighted by Gasteiger charge is 2.15. The molecule has 0 aromatic rings. The molecule has 1 amide bonds. The van der Waals surface area contributed by atoms with Gasteiger partial charge in [-0.05, 0) is 38.0 Å². The van der Waals surface area contributed by atoms with Crippen LogP contribution in [0.5, 0.6) is 0 Å². The average molecular weight is 442 g/mol. The van der Waals surface area contributed by atoms with Gasteiger partial charge in [0.05, 0.1) is 6.61 Å². The number of hydrogen-bond acceptors (Lipinski definition) is 5. The summed E-state index contributed by atoms with van der Waals surface area (Å²) in [6, 6.07) is 0. The van der Waals surface area contributed by atoms with Gasteiger partial charge in [0, 0.05) is 19.5 Å². The normalized spacial score (nSPS) is 10.8. The lowest BCUT2D eigenvalue weighted by Gasteiger charge is -2.21. The third-order valence-electron chi connectivity index (χ3n) is 5.54. The largest absolute Gasteiger partial charge is 0.465 e. The quantitative estimate of drug-likeness (QED) is 0.119. The van der Waals surface area contributed by atoms with Crippen LogP contribution in [0.2, 0.25) is 0 Å². The van der Waals surface area contributed by atoms with Gasteiger partial charge in [-0.2, -0.15) is 0 Å². The molecule has 0 unspecified atom stereocenters. The van der Waals surface area contributed by atoms with E-state index in [1.165, 1.54) is 38.5 Å². The van der Waals surface area contributed by atoms with Gasteiger partial charge in [-0.25, -0.2) is 4.79 Å². The molecule has 0 N–H and O–H groups in total. The molecule has 0 saturated heterocycles. The Morgan fingerprint density at radius 3 is 1.97 bits per heavy atom. The van der Waals surface area contributed by atoms with Gasteiger partial charge in [0.15, 0.2) is 6.29 Å². The van der Waals surface area contributed by atoms with Gasteiger partial charge in [-0.3, -0.25) is 9.59 Å². The van der Waals surface area contributed by atoms with Gasteiger partial charge >= 0.3 is 12.1 Å². The van der Waals surface area contributed by atoms with Crippen molar-refractivity contribution in [2.24, 2.45) is 5.92 Å². The van der Waals surface area contributed by atoms with Gasteiger partial charge in [0.1, 0.15) is 6.61 Å². The van der Waals surface area contributed by atoms with Gasteiger partial charge < -0.3 is 14.4 Å². The first kappa shape index (κ1) is 29.4. The molecule has 0 aromatic carbocycles. The van der Waals surface area contributed by atoms with Crippen LogP contribution in [0.4, 0.5) is 4.79 Å². The first-order valence-electron chi connectivity index (χ1n) is 12.6. The minimum absolute atomic E-state index is 0.107. The summed E-state index contributed by atoms with van der Waals surface area (Å²) < 4.78 is 10.5. The molecule has 0 bridgehead atoms. The molecule has 0 rings (SSSR count). The zero-order valence-electron chi connectivity index (χ0n) is 20.4. The van der Waals surface area contributed by atoms with Crippen molar-refractivity contribution in [1.82, 2.24) is 4.90 Å². The summed E-state index contributed by atoms with van der Waals surface area (Å²) in [7, 11) is 0. The lowest BCUT2D eigenvalue weighted by atomic mass is 9.96. The average Bonchev–Trinajstić information content (AvgIpc) is 2.77. The van der Waals surface area contributed by atoms with E-state index in [0.717, 1.165) is 44.9 Å². The van der Waals surface area contributed by atoms with Crippen molar-refractivity contribution in [2.75, 3.05) is 26.3 Å². The molecule has 0 aromatic heterocycles. The van der Waals surface area contributed by atoms with Crippen LogP contribution in [0.25, 0.3) is 0 Å². The number of esters is 1. The zero-order valence-corrected chi connectivity index (χ0v) is 20.4. The third kappa shape index (κ3) is 17.8. The molecule has 0 fully saturated rings. The second kappa shape index (κ2) is 21.6. The minimum atomic E-state index is -0.433. The number of rotatable bonds is 21. The molecule has 0 aliphatic carbocycles. The summed E-state index contributed by atoms with van der Waals surface area (Å²) in [5.41, 5.74) is 0. The van der Waals surface area contributed by atoms with E-state index >= 15 is 0 Å². The predicted octanol–water partition coefficient (Wildman–Crippen LogP) is 6.30. The van der Waals surface area contributed by atoms with Crippen LogP contribution in [-0.2, 0) is 19.1 Å². The number of nitrogens with zero attached hydrogens (tertiary/aromatic N) is 1. The monoisotopic (exact) mass is 441 g/mol. The number of hydrogen-bond donors (Lipinski definition) is 0. The van der Waals surface area contributed by atoms with Crippen LogP contribution < -0.4 is 0 Å². The van der Waals surface area contributed by atoms with E-state index in [-0.39, 0.29) is 12.6 Å². The summed E-state index contributed by atoms with van der Waals surface area (Å²) in [5.74, 6) is 0.385. The van der Waals surface area contributed by atoms with Crippen molar-refractivity contribution in [2.45, 2.75) is 111 Å². The third-order valence-corrected chi connectivity index (χ3v) is 5.54. The van der Waals surface area contributed by atoms with Crippen LogP contribution in [0.15, 0.2) is 0 Å². The van der Waals surface area contributed by atoms with E-state index < -0.39 is 6.09 Å². The lowest BCUT2D eigenvalue weighted by molar-refractivity contribution is -0.145. The Morgan fingerprint density at radius 2 is 1.39 bits per heavy atom. The lowest BCUT2D eigenvalue weighted by Crippen LogP contribution is -2.33. The molecule has 0 aliphatic rings. The van der Waals surface area contributed by atoms with Gasteiger partial charge in [0.25, 0.3) is 0 Å². The van der Waals surface area contributed by atoms with Gasteiger partial charge in [0.2, 0.25) is 0 Å². The number of amides is 1. The molecule has 6 heteroatoms. The fourth-order valence-corrected chi connectivity index (χ4v) is 3.55. The summed E-state index contributed by atoms with van der Waals surface area (Å²) in [6.07, 6.45) is 14.6. The SMILES string of the molecule is CCCCCC(CCCCC)COC(=O)CCCCCN(CCCC)C(=O)OCC=O. The second-order valence-electron chi connectivity index (χ2n) is 8.44. The van der Waals surface area contributed by atoms with Crippen LogP contribution in [0.1, 0.15) is 111 Å². The Balaban J connectivity index is 4.11. The fraction of sp³-hybridized carbons (Fsp3) is 0.880. The Bertz CT molecular complexity index is 445. The van der Waals surface area contributed by atoms with E-state index in [1.807, 2.05) is 0 Å². The maximum absolute atomic E-state index is 12.1. The van der Waals surface area contributed by atoms with E-state index in [0.29, 0.717) is 38.3 Å². The molecule has 6 nitrogen and oxygen atoms in total. The Morgan fingerprint density at radius 1 is 0.774 bits per heavy atom. The highest BCUT2D eigenvalue weighted by molar-refractivity contribution is 5.70. The van der Waals surface area contributed by atoms with E-state index in [2.05, 4.69) is 20.8 Å². The van der Waals surface area contributed by atoms with Crippen LogP contribution in [0, 0.1) is 5.92 Å². The van der Waals surface area contributed by atoms with Crippen molar-refractivity contribution < 1.29 is 23.9 Å². The highest BCUT2D eigenvalue weighted by Crippen LogP contribution is 2.18. The number of ether oxygens (including phenoxy) is 2. The maximum atomic E-state index is 12.1. The van der Waals surface area contributed by atoms with E-state index in [1.54, 1.807) is 4.90 Å². The van der Waals surface area contributed by atoms with Crippen molar-refractivity contribution in [3.63, 3.8) is 0 Å². The molecule has 182 valence electrons. The maximum Gasteiger partial charge on any atom is 0.410 e. The summed E-state index contributed by atoms with van der Waals surface area (Å²) >= 11 is 0. The molecule has 0 radical (unpaired) electrons.